The maximum Gasteiger partial charge on any atom is 0.359 e. The molecule has 0 saturated carbocycles. The van der Waals surface area contributed by atoms with Gasteiger partial charge in [0.25, 0.3) is 5.56 Å². The van der Waals surface area contributed by atoms with E-state index in [-0.39, 0.29) is 30.2 Å². The van der Waals surface area contributed by atoms with Crippen molar-refractivity contribution in [3.63, 3.8) is 0 Å². The second-order valence-corrected chi connectivity index (χ2v) is 8.15. The molecule has 0 unspecified atom stereocenters. The second-order valence-electron chi connectivity index (χ2n) is 8.15. The highest BCUT2D eigenvalue weighted by Crippen LogP contribution is 2.36. The van der Waals surface area contributed by atoms with Crippen LogP contribution in [0.15, 0.2) is 89.7 Å². The molecule has 1 aliphatic carbocycles. The Bertz CT molecular complexity index is 1460. The number of ether oxygens (including phenoxy) is 2. The van der Waals surface area contributed by atoms with E-state index in [1.54, 1.807) is 18.2 Å². The van der Waals surface area contributed by atoms with Gasteiger partial charge < -0.3 is 9.47 Å². The average Bonchev–Trinajstić information content (AvgIpc) is 3.27. The van der Waals surface area contributed by atoms with Gasteiger partial charge in [0, 0.05) is 11.6 Å². The largest absolute Gasteiger partial charge is 0.492 e. The lowest BCUT2D eigenvalue weighted by molar-refractivity contribution is 0.0466. The van der Waals surface area contributed by atoms with Crippen molar-refractivity contribution in [3.05, 3.63) is 118 Å². The van der Waals surface area contributed by atoms with Gasteiger partial charge in [-0.3, -0.25) is 9.59 Å². The van der Waals surface area contributed by atoms with E-state index in [4.69, 9.17) is 9.47 Å². The first-order valence-corrected chi connectivity index (χ1v) is 11.3. The van der Waals surface area contributed by atoms with E-state index in [0.29, 0.717) is 11.3 Å². The van der Waals surface area contributed by atoms with E-state index < -0.39 is 12.6 Å². The van der Waals surface area contributed by atoms with Crippen LogP contribution in [-0.2, 0) is 17.7 Å². The highest BCUT2D eigenvalue weighted by Gasteiger charge is 2.20. The van der Waals surface area contributed by atoms with Crippen molar-refractivity contribution in [2.24, 2.45) is 0 Å². The number of para-hydroxylation sites is 1. The standard InChI is InChI=1S/C28H22N2O5/c31-26(21-11-10-20-16-19-6-4-5-9-23(19)24(20)17-21)18-35-28(33)25-12-13-27(32)30(29-25)14-15-34-22-7-2-1-3-8-22/h1-13,17H,14-16,18H2. The van der Waals surface area contributed by atoms with Gasteiger partial charge in [0.1, 0.15) is 12.4 Å². The molecule has 0 fully saturated rings. The predicted molar refractivity (Wildman–Crippen MR) is 130 cm³/mol. The third kappa shape index (κ3) is 4.89. The van der Waals surface area contributed by atoms with Crippen LogP contribution in [0.4, 0.5) is 0 Å². The summed E-state index contributed by atoms with van der Waals surface area (Å²) < 4.78 is 11.9. The number of carbonyl (C=O) groups is 2. The van der Waals surface area contributed by atoms with Crippen molar-refractivity contribution in [1.29, 1.82) is 0 Å². The smallest absolute Gasteiger partial charge is 0.359 e. The normalized spacial score (nSPS) is 11.4. The fraction of sp³-hybridized carbons (Fsp3) is 0.143. The van der Waals surface area contributed by atoms with Gasteiger partial charge in [0.15, 0.2) is 18.1 Å². The Labute approximate surface area is 201 Å². The van der Waals surface area contributed by atoms with E-state index >= 15 is 0 Å². The molecule has 1 heterocycles. The van der Waals surface area contributed by atoms with Gasteiger partial charge in [0.2, 0.25) is 0 Å². The molecule has 174 valence electrons. The highest BCUT2D eigenvalue weighted by molar-refractivity contribution is 6.00. The number of esters is 1. The molecule has 4 aromatic rings. The number of carbonyl (C=O) groups excluding carboxylic acids is 2. The van der Waals surface area contributed by atoms with E-state index in [1.165, 1.54) is 23.3 Å². The molecular formula is C28H22N2O5. The molecular weight excluding hydrogens is 444 g/mol. The molecule has 7 heteroatoms. The molecule has 35 heavy (non-hydrogen) atoms. The number of rotatable bonds is 8. The number of hydrogen-bond acceptors (Lipinski definition) is 6. The Morgan fingerprint density at radius 2 is 1.63 bits per heavy atom. The van der Waals surface area contributed by atoms with E-state index in [9.17, 15) is 14.4 Å². The summed E-state index contributed by atoms with van der Waals surface area (Å²) >= 11 is 0. The molecule has 0 N–H and O–H groups in total. The summed E-state index contributed by atoms with van der Waals surface area (Å²) in [6, 6.07) is 25.4. The number of fused-ring (bicyclic) bond motifs is 3. The fourth-order valence-electron chi connectivity index (χ4n) is 4.07. The van der Waals surface area contributed by atoms with Crippen LogP contribution in [0, 0.1) is 0 Å². The number of nitrogens with zero attached hydrogens (tertiary/aromatic N) is 2. The minimum Gasteiger partial charge on any atom is -0.492 e. The molecule has 1 aliphatic rings. The molecule has 7 nitrogen and oxygen atoms in total. The Balaban J connectivity index is 1.21. The molecule has 0 bridgehead atoms. The number of aromatic nitrogens is 2. The number of benzene rings is 3. The van der Waals surface area contributed by atoms with Crippen molar-refractivity contribution in [3.8, 4) is 16.9 Å². The molecule has 5 rings (SSSR count). The van der Waals surface area contributed by atoms with Gasteiger partial charge in [-0.2, -0.15) is 5.10 Å². The van der Waals surface area contributed by atoms with E-state index in [2.05, 4.69) is 11.2 Å². The summed E-state index contributed by atoms with van der Waals surface area (Å²) in [6.07, 6.45) is 0.840. The molecule has 0 amide bonds. The van der Waals surface area contributed by atoms with Gasteiger partial charge in [-0.15, -0.1) is 0 Å². The molecule has 0 atom stereocenters. The van der Waals surface area contributed by atoms with Crippen molar-refractivity contribution in [2.75, 3.05) is 13.2 Å². The maximum absolute atomic E-state index is 12.7. The van der Waals surface area contributed by atoms with Crippen LogP contribution in [0.2, 0.25) is 0 Å². The van der Waals surface area contributed by atoms with Crippen molar-refractivity contribution >= 4 is 11.8 Å². The Hall–Kier alpha value is -4.52. The van der Waals surface area contributed by atoms with Crippen molar-refractivity contribution < 1.29 is 19.1 Å². The second kappa shape index (κ2) is 9.77. The van der Waals surface area contributed by atoms with Crippen LogP contribution in [0.3, 0.4) is 0 Å². The summed E-state index contributed by atoms with van der Waals surface area (Å²) in [7, 11) is 0. The van der Waals surface area contributed by atoms with Crippen molar-refractivity contribution in [2.45, 2.75) is 13.0 Å². The SMILES string of the molecule is O=C(COC(=O)c1ccc(=O)n(CCOc2ccccc2)n1)c1ccc2c(c1)-c1ccccc1C2. The van der Waals surface area contributed by atoms with Crippen LogP contribution in [-0.4, -0.2) is 34.7 Å². The predicted octanol–water partition coefficient (Wildman–Crippen LogP) is 3.93. The van der Waals surface area contributed by atoms with Crippen LogP contribution in [0.25, 0.3) is 11.1 Å². The number of ketones is 1. The first kappa shape index (κ1) is 22.3. The highest BCUT2D eigenvalue weighted by atomic mass is 16.5. The van der Waals surface area contributed by atoms with Crippen LogP contribution >= 0.6 is 0 Å². The van der Waals surface area contributed by atoms with E-state index in [1.807, 2.05) is 48.5 Å². The fourth-order valence-corrected chi connectivity index (χ4v) is 4.07. The minimum absolute atomic E-state index is 0.0556. The lowest BCUT2D eigenvalue weighted by Gasteiger charge is -2.09. The van der Waals surface area contributed by atoms with Gasteiger partial charge in [0.05, 0.1) is 6.54 Å². The first-order chi connectivity index (χ1) is 17.1. The summed E-state index contributed by atoms with van der Waals surface area (Å²) in [5.41, 5.74) is 4.61. The minimum atomic E-state index is -0.775. The van der Waals surface area contributed by atoms with Crippen LogP contribution in [0.1, 0.15) is 32.0 Å². The Morgan fingerprint density at radius 3 is 2.49 bits per heavy atom. The lowest BCUT2D eigenvalue weighted by Crippen LogP contribution is -2.27. The quantitative estimate of drug-likeness (QED) is 0.254. The van der Waals surface area contributed by atoms with Gasteiger partial charge in [-0.25, -0.2) is 9.48 Å². The summed E-state index contributed by atoms with van der Waals surface area (Å²) in [5, 5.41) is 4.06. The Kier molecular flexibility index (Phi) is 6.22. The topological polar surface area (TPSA) is 87.5 Å². The monoisotopic (exact) mass is 466 g/mol. The number of Topliss-reactive ketones (excluding diaryl/α,β-unsaturated/α-hetero) is 1. The summed E-state index contributed by atoms with van der Waals surface area (Å²) in [6.45, 7) is -0.0586. The van der Waals surface area contributed by atoms with Crippen LogP contribution in [0.5, 0.6) is 5.75 Å². The average molecular weight is 466 g/mol. The van der Waals surface area contributed by atoms with Gasteiger partial charge >= 0.3 is 5.97 Å². The first-order valence-electron chi connectivity index (χ1n) is 11.3. The molecule has 0 spiro atoms. The summed E-state index contributed by atoms with van der Waals surface area (Å²) in [4.78, 5) is 37.3. The van der Waals surface area contributed by atoms with Crippen molar-refractivity contribution in [1.82, 2.24) is 9.78 Å². The zero-order chi connectivity index (χ0) is 24.2. The molecule has 0 radical (unpaired) electrons. The Morgan fingerprint density at radius 1 is 0.857 bits per heavy atom. The van der Waals surface area contributed by atoms with Crippen LogP contribution < -0.4 is 10.3 Å². The number of hydrogen-bond donors (Lipinski definition) is 0. The third-order valence-corrected chi connectivity index (χ3v) is 5.85. The van der Waals surface area contributed by atoms with E-state index in [0.717, 1.165) is 22.2 Å². The molecule has 0 aliphatic heterocycles. The molecule has 0 saturated heterocycles. The lowest BCUT2D eigenvalue weighted by atomic mass is 10.0. The maximum atomic E-state index is 12.7. The van der Waals surface area contributed by atoms with Gasteiger partial charge in [-0.05, 0) is 52.9 Å². The zero-order valence-electron chi connectivity index (χ0n) is 18.8. The molecule has 1 aromatic heterocycles. The van der Waals surface area contributed by atoms with Gasteiger partial charge in [-0.1, -0.05) is 54.6 Å². The zero-order valence-corrected chi connectivity index (χ0v) is 18.8. The summed E-state index contributed by atoms with van der Waals surface area (Å²) in [5.74, 6) is -0.414. The molecule has 3 aromatic carbocycles. The third-order valence-electron chi connectivity index (χ3n) is 5.85.